The molecule has 52 valence electrons. The van der Waals surface area contributed by atoms with Crippen LogP contribution in [0.2, 0.25) is 0 Å². The first-order valence-electron chi connectivity index (χ1n) is 2.53. The largest absolute Gasteiger partial charge is 0.374 e. The van der Waals surface area contributed by atoms with Crippen LogP contribution >= 0.6 is 12.2 Å². The summed E-state index contributed by atoms with van der Waals surface area (Å²) in [5.41, 5.74) is 5.66. The fourth-order valence-electron chi connectivity index (χ4n) is 0.518. The summed E-state index contributed by atoms with van der Waals surface area (Å²) in [7, 11) is 0. The molecule has 0 atom stereocenters. The van der Waals surface area contributed by atoms with Crippen molar-refractivity contribution in [2.24, 2.45) is 5.73 Å². The lowest BCUT2D eigenvalue weighted by molar-refractivity contribution is 0.112. The van der Waals surface area contributed by atoms with E-state index in [1.54, 1.807) is 0 Å². The van der Waals surface area contributed by atoms with Crippen LogP contribution in [-0.4, -0.2) is 21.2 Å². The highest BCUT2D eigenvalue weighted by molar-refractivity contribution is 7.80. The molecule has 0 aliphatic carbocycles. The molecule has 5 heteroatoms. The summed E-state index contributed by atoms with van der Waals surface area (Å²) in [6.45, 7) is 0. The lowest BCUT2D eigenvalue weighted by Gasteiger charge is -1.91. The van der Waals surface area contributed by atoms with Gasteiger partial charge >= 0.3 is 0 Å². The highest BCUT2D eigenvalue weighted by Crippen LogP contribution is 1.90. The van der Waals surface area contributed by atoms with Gasteiger partial charge in [-0.15, -0.1) is 0 Å². The van der Waals surface area contributed by atoms with Crippen LogP contribution in [0.25, 0.3) is 0 Å². The smallest absolute Gasteiger partial charge is 0.191 e. The van der Waals surface area contributed by atoms with E-state index in [9.17, 15) is 4.79 Å². The summed E-state index contributed by atoms with van der Waals surface area (Å²) in [5, 5.41) is 3.84. The summed E-state index contributed by atoms with van der Waals surface area (Å²) in [4.78, 5) is 10.1. The fourth-order valence-corrected chi connectivity index (χ4v) is 0.618. The summed E-state index contributed by atoms with van der Waals surface area (Å²) in [6, 6.07) is 0. The maximum atomic E-state index is 10.1. The Morgan fingerprint density at radius 1 is 1.90 bits per heavy atom. The van der Waals surface area contributed by atoms with Crippen LogP contribution in [0.15, 0.2) is 12.4 Å². The second kappa shape index (κ2) is 2.57. The van der Waals surface area contributed by atoms with E-state index in [2.05, 4.69) is 17.3 Å². The molecule has 0 bridgehead atoms. The fraction of sp³-hybridized carbons (Fsp3) is 0. The van der Waals surface area contributed by atoms with Gasteiger partial charge in [-0.2, -0.15) is 5.10 Å². The van der Waals surface area contributed by atoms with Crippen LogP contribution in [0.4, 0.5) is 0 Å². The first-order valence-corrected chi connectivity index (χ1v) is 2.94. The van der Waals surface area contributed by atoms with E-state index in [4.69, 9.17) is 5.73 Å². The third-order valence-corrected chi connectivity index (χ3v) is 1.15. The van der Waals surface area contributed by atoms with Crippen LogP contribution < -0.4 is 5.73 Å². The van der Waals surface area contributed by atoms with E-state index in [0.29, 0.717) is 11.8 Å². The molecule has 1 heterocycles. The molecule has 0 saturated heterocycles. The van der Waals surface area contributed by atoms with Crippen molar-refractivity contribution in [2.75, 3.05) is 0 Å². The van der Waals surface area contributed by atoms with E-state index in [1.807, 2.05) is 0 Å². The zero-order valence-electron chi connectivity index (χ0n) is 5.02. The predicted molar refractivity (Wildman–Crippen MR) is 39.8 cm³/mol. The highest BCUT2D eigenvalue weighted by Gasteiger charge is 1.96. The molecule has 10 heavy (non-hydrogen) atoms. The Kier molecular flexibility index (Phi) is 1.77. The van der Waals surface area contributed by atoms with Crippen molar-refractivity contribution in [3.63, 3.8) is 0 Å². The molecule has 0 aliphatic heterocycles. The molecule has 0 radical (unpaired) electrons. The number of rotatable bonds is 1. The van der Waals surface area contributed by atoms with E-state index in [-0.39, 0.29) is 5.11 Å². The van der Waals surface area contributed by atoms with Crippen molar-refractivity contribution in [1.82, 2.24) is 9.78 Å². The zero-order chi connectivity index (χ0) is 7.56. The number of carbonyl (C=O) groups is 1. The molecule has 1 aromatic rings. The second-order valence-corrected chi connectivity index (χ2v) is 2.09. The number of aldehydes is 1. The van der Waals surface area contributed by atoms with Gasteiger partial charge in [-0.3, -0.25) is 4.79 Å². The number of hydrogen-bond donors (Lipinski definition) is 1. The first kappa shape index (κ1) is 6.88. The van der Waals surface area contributed by atoms with E-state index in [0.717, 1.165) is 0 Å². The maximum Gasteiger partial charge on any atom is 0.191 e. The van der Waals surface area contributed by atoms with Crippen LogP contribution in [0.5, 0.6) is 0 Å². The molecule has 1 aromatic heterocycles. The van der Waals surface area contributed by atoms with Crippen LogP contribution in [0.3, 0.4) is 0 Å². The molecular weight excluding hydrogens is 150 g/mol. The monoisotopic (exact) mass is 155 g/mol. The van der Waals surface area contributed by atoms with Gasteiger partial charge in [0, 0.05) is 6.20 Å². The van der Waals surface area contributed by atoms with E-state index in [1.165, 1.54) is 17.1 Å². The SMILES string of the molecule is NC(=S)n1cc(C=O)cn1. The quantitative estimate of drug-likeness (QED) is 0.450. The molecule has 0 amide bonds. The lowest BCUT2D eigenvalue weighted by Crippen LogP contribution is -2.19. The molecule has 0 aliphatic rings. The Bertz CT molecular complexity index is 268. The first-order chi connectivity index (χ1) is 4.74. The molecule has 0 fully saturated rings. The third-order valence-electron chi connectivity index (χ3n) is 0.964. The minimum absolute atomic E-state index is 0.133. The van der Waals surface area contributed by atoms with Gasteiger partial charge in [-0.1, -0.05) is 0 Å². The average Bonchev–Trinajstić information content (AvgIpc) is 2.34. The van der Waals surface area contributed by atoms with Gasteiger partial charge in [-0.25, -0.2) is 4.68 Å². The number of nitrogens with zero attached hydrogens (tertiary/aromatic N) is 2. The zero-order valence-corrected chi connectivity index (χ0v) is 5.84. The minimum Gasteiger partial charge on any atom is -0.374 e. The predicted octanol–water partition coefficient (Wildman–Crippen LogP) is -0.213. The van der Waals surface area contributed by atoms with Crippen LogP contribution in [0.1, 0.15) is 10.4 Å². The summed E-state index contributed by atoms with van der Waals surface area (Å²) < 4.78 is 1.26. The molecule has 0 unspecified atom stereocenters. The highest BCUT2D eigenvalue weighted by atomic mass is 32.1. The van der Waals surface area contributed by atoms with Gasteiger partial charge in [-0.05, 0) is 12.2 Å². The number of hydrogen-bond acceptors (Lipinski definition) is 3. The molecular formula is C5H5N3OS. The molecule has 4 nitrogen and oxygen atoms in total. The third kappa shape index (κ3) is 1.19. The van der Waals surface area contributed by atoms with Gasteiger partial charge < -0.3 is 5.73 Å². The number of aromatic nitrogens is 2. The van der Waals surface area contributed by atoms with Crippen molar-refractivity contribution in [1.29, 1.82) is 0 Å². The number of thiocarbonyl (C=S) groups is 1. The molecule has 1 rings (SSSR count). The van der Waals surface area contributed by atoms with Crippen LogP contribution in [-0.2, 0) is 0 Å². The summed E-state index contributed by atoms with van der Waals surface area (Å²) in [5.74, 6) is 0. The topological polar surface area (TPSA) is 60.9 Å². The van der Waals surface area contributed by atoms with Gasteiger partial charge in [0.2, 0.25) is 0 Å². The normalized spacial score (nSPS) is 9.20. The summed E-state index contributed by atoms with van der Waals surface area (Å²) >= 11 is 4.59. The Balaban J connectivity index is 2.98. The lowest BCUT2D eigenvalue weighted by atomic mass is 10.4. The standard InChI is InChI=1S/C5H5N3OS/c6-5(10)8-2-4(3-9)1-7-8/h1-3H,(H2,6,10). The van der Waals surface area contributed by atoms with Gasteiger partial charge in [0.1, 0.15) is 0 Å². The minimum atomic E-state index is 0.133. The van der Waals surface area contributed by atoms with Gasteiger partial charge in [0.25, 0.3) is 0 Å². The Morgan fingerprint density at radius 2 is 2.60 bits per heavy atom. The van der Waals surface area contributed by atoms with Gasteiger partial charge in [0.05, 0.1) is 11.8 Å². The van der Waals surface area contributed by atoms with Crippen LogP contribution in [0, 0.1) is 0 Å². The van der Waals surface area contributed by atoms with Crippen molar-refractivity contribution < 1.29 is 4.79 Å². The molecule has 2 N–H and O–H groups in total. The Labute approximate surface area is 62.6 Å². The van der Waals surface area contributed by atoms with Crippen molar-refractivity contribution >= 4 is 23.6 Å². The average molecular weight is 155 g/mol. The molecule has 0 aromatic carbocycles. The molecule has 0 spiro atoms. The Hall–Kier alpha value is -1.23. The maximum absolute atomic E-state index is 10.1. The van der Waals surface area contributed by atoms with Crippen molar-refractivity contribution in [3.05, 3.63) is 18.0 Å². The van der Waals surface area contributed by atoms with Crippen molar-refractivity contribution in [2.45, 2.75) is 0 Å². The number of carbonyl (C=O) groups excluding carboxylic acids is 1. The Morgan fingerprint density at radius 3 is 2.90 bits per heavy atom. The van der Waals surface area contributed by atoms with E-state index >= 15 is 0 Å². The number of nitrogens with two attached hydrogens (primary N) is 1. The second-order valence-electron chi connectivity index (χ2n) is 1.67. The molecule has 0 saturated carbocycles. The van der Waals surface area contributed by atoms with Gasteiger partial charge in [0.15, 0.2) is 11.4 Å². The van der Waals surface area contributed by atoms with Crippen molar-refractivity contribution in [3.8, 4) is 0 Å². The summed E-state index contributed by atoms with van der Waals surface area (Å²) in [6.07, 6.45) is 3.54. The van der Waals surface area contributed by atoms with E-state index < -0.39 is 0 Å².